The highest BCUT2D eigenvalue weighted by Gasteiger charge is 2.13. The van der Waals surface area contributed by atoms with Crippen molar-refractivity contribution in [1.82, 2.24) is 5.32 Å². The van der Waals surface area contributed by atoms with Gasteiger partial charge in [0.25, 0.3) is 0 Å². The van der Waals surface area contributed by atoms with Crippen molar-refractivity contribution >= 4 is 23.2 Å². The molecule has 6 heteroatoms. The highest BCUT2D eigenvalue weighted by molar-refractivity contribution is 7.13. The molecule has 0 saturated heterocycles. The number of fused-ring (bicyclic) bond motifs is 1. The van der Waals surface area contributed by atoms with Crippen LogP contribution in [0.3, 0.4) is 0 Å². The van der Waals surface area contributed by atoms with Crippen molar-refractivity contribution in [2.75, 3.05) is 6.61 Å². The Morgan fingerprint density at radius 1 is 1.27 bits per heavy atom. The second-order valence-electron chi connectivity index (χ2n) is 5.07. The molecule has 1 aromatic carbocycles. The molecule has 1 aromatic heterocycles. The van der Waals surface area contributed by atoms with Gasteiger partial charge in [0.05, 0.1) is 19.6 Å². The number of hydrogen-bond acceptors (Lipinski definition) is 4. The number of aromatic carboxylic acids is 1. The van der Waals surface area contributed by atoms with Crippen molar-refractivity contribution in [3.8, 4) is 5.75 Å². The van der Waals surface area contributed by atoms with Gasteiger partial charge in [-0.05, 0) is 29.3 Å². The van der Waals surface area contributed by atoms with Crippen LogP contribution in [0, 0.1) is 0 Å². The molecular weight excluding hydrogens is 302 g/mol. The van der Waals surface area contributed by atoms with Gasteiger partial charge < -0.3 is 15.2 Å². The van der Waals surface area contributed by atoms with Crippen molar-refractivity contribution in [2.24, 2.45) is 0 Å². The smallest absolute Gasteiger partial charge is 0.345 e. The first-order chi connectivity index (χ1) is 10.6. The summed E-state index contributed by atoms with van der Waals surface area (Å²) in [5.41, 5.74) is 2.11. The van der Waals surface area contributed by atoms with Gasteiger partial charge in [-0.1, -0.05) is 12.1 Å². The number of carboxylic acid groups (broad SMARTS) is 1. The first-order valence-electron chi connectivity index (χ1n) is 6.95. The number of benzene rings is 1. The van der Waals surface area contributed by atoms with Crippen molar-refractivity contribution in [2.45, 2.75) is 19.4 Å². The van der Waals surface area contributed by atoms with Gasteiger partial charge in [0.15, 0.2) is 0 Å². The van der Waals surface area contributed by atoms with E-state index in [1.165, 1.54) is 11.3 Å². The minimum absolute atomic E-state index is 0.0795. The molecule has 22 heavy (non-hydrogen) atoms. The third-order valence-electron chi connectivity index (χ3n) is 3.45. The van der Waals surface area contributed by atoms with E-state index in [-0.39, 0.29) is 10.8 Å². The van der Waals surface area contributed by atoms with Gasteiger partial charge >= 0.3 is 5.97 Å². The minimum atomic E-state index is -0.942. The number of nitrogens with one attached hydrogen (secondary N) is 1. The van der Waals surface area contributed by atoms with Crippen LogP contribution in [0.15, 0.2) is 30.3 Å². The molecule has 1 aliphatic rings. The summed E-state index contributed by atoms with van der Waals surface area (Å²) in [5, 5.41) is 11.7. The quantitative estimate of drug-likeness (QED) is 0.887. The molecule has 3 rings (SSSR count). The Hall–Kier alpha value is -2.34. The monoisotopic (exact) mass is 317 g/mol. The summed E-state index contributed by atoms with van der Waals surface area (Å²) in [6, 6.07) is 9.09. The van der Waals surface area contributed by atoms with Crippen LogP contribution in [-0.2, 0) is 24.2 Å². The number of rotatable bonds is 5. The molecule has 0 aliphatic carbocycles. The second kappa shape index (κ2) is 6.19. The van der Waals surface area contributed by atoms with E-state index in [0.29, 0.717) is 19.6 Å². The molecule has 0 atom stereocenters. The molecular formula is C16H15NO4S. The Bertz CT molecular complexity index is 723. The lowest BCUT2D eigenvalue weighted by Crippen LogP contribution is -2.24. The Labute approximate surface area is 131 Å². The maximum atomic E-state index is 12.0. The van der Waals surface area contributed by atoms with E-state index in [1.54, 1.807) is 12.1 Å². The molecule has 2 aromatic rings. The Kier molecular flexibility index (Phi) is 4.11. The average Bonchev–Trinajstić information content (AvgIpc) is 3.13. The topological polar surface area (TPSA) is 75.6 Å². The van der Waals surface area contributed by atoms with Gasteiger partial charge in [0, 0.05) is 11.3 Å². The number of hydrogen-bond donors (Lipinski definition) is 2. The summed E-state index contributed by atoms with van der Waals surface area (Å²) in [6.45, 7) is 1.06. The lowest BCUT2D eigenvalue weighted by Gasteiger charge is -2.05. The molecule has 1 aliphatic heterocycles. The third-order valence-corrected chi connectivity index (χ3v) is 4.52. The van der Waals surface area contributed by atoms with E-state index in [9.17, 15) is 9.59 Å². The standard InChI is InChI=1S/C16H15NO4S/c18-15(17-9-12-2-4-14(22-12)16(19)20)8-10-1-3-13-11(7-10)5-6-21-13/h1-4,7H,5-6,8-9H2,(H,17,18)(H,19,20). The van der Waals surface area contributed by atoms with E-state index in [2.05, 4.69) is 5.32 Å². The maximum Gasteiger partial charge on any atom is 0.345 e. The zero-order chi connectivity index (χ0) is 15.5. The fourth-order valence-corrected chi connectivity index (χ4v) is 3.16. The largest absolute Gasteiger partial charge is 0.493 e. The summed E-state index contributed by atoms with van der Waals surface area (Å²) >= 11 is 1.17. The van der Waals surface area contributed by atoms with Crippen molar-refractivity contribution in [3.63, 3.8) is 0 Å². The van der Waals surface area contributed by atoms with Crippen LogP contribution >= 0.6 is 11.3 Å². The summed E-state index contributed by atoms with van der Waals surface area (Å²) in [7, 11) is 0. The number of thiophene rings is 1. The number of amides is 1. The summed E-state index contributed by atoms with van der Waals surface area (Å²) in [5.74, 6) is -0.115. The molecule has 0 radical (unpaired) electrons. The number of ether oxygens (including phenoxy) is 1. The van der Waals surface area contributed by atoms with Gasteiger partial charge in [0.1, 0.15) is 10.6 Å². The number of carboxylic acids is 1. The van der Waals surface area contributed by atoms with E-state index >= 15 is 0 Å². The van der Waals surface area contributed by atoms with Crippen LogP contribution in [0.2, 0.25) is 0 Å². The minimum Gasteiger partial charge on any atom is -0.493 e. The molecule has 5 nitrogen and oxygen atoms in total. The summed E-state index contributed by atoms with van der Waals surface area (Å²) < 4.78 is 5.44. The van der Waals surface area contributed by atoms with Gasteiger partial charge in [0.2, 0.25) is 5.91 Å². The normalized spacial score (nSPS) is 12.5. The van der Waals surface area contributed by atoms with E-state index < -0.39 is 5.97 Å². The van der Waals surface area contributed by atoms with E-state index in [4.69, 9.17) is 9.84 Å². The van der Waals surface area contributed by atoms with Gasteiger partial charge in [-0.3, -0.25) is 4.79 Å². The molecule has 0 spiro atoms. The van der Waals surface area contributed by atoms with Crippen molar-refractivity contribution in [3.05, 3.63) is 51.2 Å². The Morgan fingerprint density at radius 3 is 2.91 bits per heavy atom. The third kappa shape index (κ3) is 3.28. The summed E-state index contributed by atoms with van der Waals surface area (Å²) in [4.78, 5) is 23.9. The van der Waals surface area contributed by atoms with Gasteiger partial charge in [-0.2, -0.15) is 0 Å². The first-order valence-corrected chi connectivity index (χ1v) is 7.77. The molecule has 0 fully saturated rings. The van der Waals surface area contributed by atoms with Crippen LogP contribution < -0.4 is 10.1 Å². The lowest BCUT2D eigenvalue weighted by molar-refractivity contribution is -0.120. The average molecular weight is 317 g/mol. The predicted molar refractivity (Wildman–Crippen MR) is 82.5 cm³/mol. The van der Waals surface area contributed by atoms with Crippen LogP contribution in [0.1, 0.15) is 25.7 Å². The zero-order valence-corrected chi connectivity index (χ0v) is 12.6. The summed E-state index contributed by atoms with van der Waals surface area (Å²) in [6.07, 6.45) is 1.20. The first kappa shape index (κ1) is 14.6. The van der Waals surface area contributed by atoms with Crippen LogP contribution in [-0.4, -0.2) is 23.6 Å². The van der Waals surface area contributed by atoms with E-state index in [0.717, 1.165) is 28.2 Å². The molecule has 0 unspecified atom stereocenters. The fourth-order valence-electron chi connectivity index (χ4n) is 2.37. The molecule has 1 amide bonds. The Morgan fingerprint density at radius 2 is 2.14 bits per heavy atom. The highest BCUT2D eigenvalue weighted by atomic mass is 32.1. The molecule has 2 N–H and O–H groups in total. The van der Waals surface area contributed by atoms with Crippen molar-refractivity contribution < 1.29 is 19.4 Å². The molecule has 0 saturated carbocycles. The van der Waals surface area contributed by atoms with Crippen molar-refractivity contribution in [1.29, 1.82) is 0 Å². The van der Waals surface area contributed by atoms with Crippen LogP contribution in [0.5, 0.6) is 5.75 Å². The fraction of sp³-hybridized carbons (Fsp3) is 0.250. The van der Waals surface area contributed by atoms with E-state index in [1.807, 2.05) is 18.2 Å². The lowest BCUT2D eigenvalue weighted by atomic mass is 10.1. The molecule has 114 valence electrons. The number of carbonyl (C=O) groups is 2. The van der Waals surface area contributed by atoms with Crippen LogP contribution in [0.25, 0.3) is 0 Å². The number of carbonyl (C=O) groups excluding carboxylic acids is 1. The van der Waals surface area contributed by atoms with Crippen LogP contribution in [0.4, 0.5) is 0 Å². The SMILES string of the molecule is O=C(Cc1ccc2c(c1)CCO2)NCc1ccc(C(=O)O)s1. The highest BCUT2D eigenvalue weighted by Crippen LogP contribution is 2.26. The molecule has 0 bridgehead atoms. The second-order valence-corrected chi connectivity index (χ2v) is 6.23. The zero-order valence-electron chi connectivity index (χ0n) is 11.8. The van der Waals surface area contributed by atoms with Gasteiger partial charge in [-0.15, -0.1) is 11.3 Å². The maximum absolute atomic E-state index is 12.0. The Balaban J connectivity index is 1.55. The molecule has 2 heterocycles. The predicted octanol–water partition coefficient (Wildman–Crippen LogP) is 2.24. The van der Waals surface area contributed by atoms with Gasteiger partial charge in [-0.25, -0.2) is 4.79 Å².